The minimum Gasteiger partial charge on any atom is -0.355 e. The fourth-order valence-electron chi connectivity index (χ4n) is 0.906. The zero-order valence-corrected chi connectivity index (χ0v) is 11.3. The summed E-state index contributed by atoms with van der Waals surface area (Å²) in [6.45, 7) is 8.98. The van der Waals surface area contributed by atoms with Crippen LogP contribution in [-0.4, -0.2) is 29.5 Å². The van der Waals surface area contributed by atoms with Crippen molar-refractivity contribution in [3.63, 3.8) is 0 Å². The van der Waals surface area contributed by atoms with Crippen molar-refractivity contribution in [1.82, 2.24) is 5.32 Å². The van der Waals surface area contributed by atoms with Gasteiger partial charge in [-0.25, -0.2) is 0 Å². The Kier molecular flexibility index (Phi) is 6.29. The van der Waals surface area contributed by atoms with Crippen molar-refractivity contribution in [2.24, 2.45) is 11.7 Å². The van der Waals surface area contributed by atoms with E-state index >= 15 is 0 Å². The normalized spacial score (nSPS) is 14.1. The van der Waals surface area contributed by atoms with E-state index in [-0.39, 0.29) is 16.7 Å². The lowest BCUT2D eigenvalue weighted by atomic mass is 10.0. The van der Waals surface area contributed by atoms with Gasteiger partial charge in [-0.3, -0.25) is 4.79 Å². The summed E-state index contributed by atoms with van der Waals surface area (Å²) in [6.07, 6.45) is 2.47. The Morgan fingerprint density at radius 3 is 2.40 bits per heavy atom. The third-order valence-electron chi connectivity index (χ3n) is 2.54. The molecule has 0 aliphatic heterocycles. The lowest BCUT2D eigenvalue weighted by Gasteiger charge is -2.23. The van der Waals surface area contributed by atoms with Gasteiger partial charge in [0.15, 0.2) is 0 Å². The molecule has 1 unspecified atom stereocenters. The molecular weight excluding hydrogens is 208 g/mol. The van der Waals surface area contributed by atoms with Gasteiger partial charge in [0, 0.05) is 23.8 Å². The number of hydrogen-bond donors (Lipinski definition) is 2. The largest absolute Gasteiger partial charge is 0.355 e. The fraction of sp³-hybridized carbons (Fsp3) is 0.909. The van der Waals surface area contributed by atoms with Crippen LogP contribution in [-0.2, 0) is 4.79 Å². The van der Waals surface area contributed by atoms with Crippen molar-refractivity contribution >= 4 is 17.7 Å². The third kappa shape index (κ3) is 6.79. The molecule has 0 aromatic heterocycles. The van der Waals surface area contributed by atoms with E-state index in [1.165, 1.54) is 0 Å². The molecule has 0 aliphatic rings. The van der Waals surface area contributed by atoms with E-state index in [0.717, 1.165) is 0 Å². The van der Waals surface area contributed by atoms with Gasteiger partial charge in [-0.1, -0.05) is 13.8 Å². The zero-order valence-electron chi connectivity index (χ0n) is 10.5. The van der Waals surface area contributed by atoms with E-state index in [4.69, 9.17) is 5.73 Å². The molecule has 0 saturated heterocycles. The Morgan fingerprint density at radius 2 is 2.00 bits per heavy atom. The molecule has 0 aromatic rings. The molecule has 1 amide bonds. The quantitative estimate of drug-likeness (QED) is 0.731. The van der Waals surface area contributed by atoms with E-state index in [1.807, 2.05) is 20.1 Å². The van der Waals surface area contributed by atoms with Crippen molar-refractivity contribution in [3.05, 3.63) is 0 Å². The van der Waals surface area contributed by atoms with Crippen molar-refractivity contribution in [1.29, 1.82) is 0 Å². The maximum atomic E-state index is 11.5. The highest BCUT2D eigenvalue weighted by Gasteiger charge is 2.18. The molecule has 4 heteroatoms. The van der Waals surface area contributed by atoms with Gasteiger partial charge < -0.3 is 11.1 Å². The maximum absolute atomic E-state index is 11.5. The number of carbonyl (C=O) groups excluding carboxylic acids is 1. The van der Waals surface area contributed by atoms with Crippen molar-refractivity contribution in [2.45, 2.75) is 44.9 Å². The Labute approximate surface area is 97.6 Å². The second kappa shape index (κ2) is 6.38. The summed E-state index contributed by atoms with van der Waals surface area (Å²) >= 11 is 1.75. The predicted octanol–water partition coefficient (Wildman–Crippen LogP) is 1.62. The molecule has 3 N–H and O–H groups in total. The Bertz CT molecular complexity index is 205. The summed E-state index contributed by atoms with van der Waals surface area (Å²) in [6, 6.07) is -0.0395. The van der Waals surface area contributed by atoms with E-state index in [1.54, 1.807) is 11.8 Å². The predicted molar refractivity (Wildman–Crippen MR) is 68.0 cm³/mol. The maximum Gasteiger partial charge on any atom is 0.221 e. The first-order valence-electron chi connectivity index (χ1n) is 5.36. The van der Waals surface area contributed by atoms with Crippen LogP contribution >= 0.6 is 11.8 Å². The van der Waals surface area contributed by atoms with Gasteiger partial charge in [0.05, 0.1) is 0 Å². The highest BCUT2D eigenvalue weighted by Crippen LogP contribution is 2.19. The lowest BCUT2D eigenvalue weighted by molar-refractivity contribution is -0.121. The van der Waals surface area contributed by atoms with Crippen LogP contribution in [0.3, 0.4) is 0 Å². The molecule has 0 heterocycles. The number of thioether (sulfide) groups is 1. The van der Waals surface area contributed by atoms with E-state index in [0.29, 0.717) is 18.9 Å². The number of hydrogen-bond acceptors (Lipinski definition) is 3. The van der Waals surface area contributed by atoms with Gasteiger partial charge in [0.2, 0.25) is 5.91 Å². The molecule has 0 saturated carbocycles. The van der Waals surface area contributed by atoms with Crippen LogP contribution in [0.15, 0.2) is 0 Å². The highest BCUT2D eigenvalue weighted by atomic mass is 32.2. The first-order chi connectivity index (χ1) is 6.78. The summed E-state index contributed by atoms with van der Waals surface area (Å²) < 4.78 is 0.0948. The Balaban J connectivity index is 3.86. The average Bonchev–Trinajstić information content (AvgIpc) is 2.15. The molecule has 0 bridgehead atoms. The summed E-state index contributed by atoms with van der Waals surface area (Å²) in [4.78, 5) is 11.5. The minimum absolute atomic E-state index is 0.0395. The molecule has 1 atom stereocenters. The van der Waals surface area contributed by atoms with Gasteiger partial charge in [-0.05, 0) is 26.0 Å². The van der Waals surface area contributed by atoms with Crippen LogP contribution in [0.4, 0.5) is 0 Å². The number of nitrogens with two attached hydrogens (primary N) is 1. The first kappa shape index (κ1) is 14.8. The number of amides is 1. The first-order valence-corrected chi connectivity index (χ1v) is 6.58. The average molecular weight is 232 g/mol. The Hall–Kier alpha value is -0.220. The van der Waals surface area contributed by atoms with Gasteiger partial charge in [0.1, 0.15) is 0 Å². The fourth-order valence-corrected chi connectivity index (χ4v) is 1.12. The molecule has 0 aromatic carbocycles. The van der Waals surface area contributed by atoms with Gasteiger partial charge in [0.25, 0.3) is 0 Å². The van der Waals surface area contributed by atoms with Crippen molar-refractivity contribution in [2.75, 3.05) is 12.8 Å². The summed E-state index contributed by atoms with van der Waals surface area (Å²) in [5, 5.41) is 2.92. The molecular formula is C11H24N2OS. The number of nitrogens with one attached hydrogen (secondary N) is 1. The number of rotatable bonds is 6. The van der Waals surface area contributed by atoms with Crippen LogP contribution in [0.1, 0.15) is 34.1 Å². The zero-order chi connectivity index (χ0) is 12.1. The second-order valence-corrected chi connectivity index (χ2v) is 6.37. The van der Waals surface area contributed by atoms with E-state index < -0.39 is 0 Å². The highest BCUT2D eigenvalue weighted by molar-refractivity contribution is 7.99. The molecule has 0 spiro atoms. The monoisotopic (exact) mass is 232 g/mol. The van der Waals surface area contributed by atoms with Crippen LogP contribution in [0.2, 0.25) is 0 Å². The third-order valence-corrected chi connectivity index (χ3v) is 3.79. The summed E-state index contributed by atoms with van der Waals surface area (Å²) in [5.74, 6) is 0.405. The molecule has 0 fully saturated rings. The molecule has 3 nitrogen and oxygen atoms in total. The van der Waals surface area contributed by atoms with Gasteiger partial charge in [-0.15, -0.1) is 0 Å². The van der Waals surface area contributed by atoms with E-state index in [9.17, 15) is 4.79 Å². The molecule has 90 valence electrons. The number of carbonyl (C=O) groups is 1. The Morgan fingerprint density at radius 1 is 1.47 bits per heavy atom. The van der Waals surface area contributed by atoms with Crippen LogP contribution in [0.5, 0.6) is 0 Å². The van der Waals surface area contributed by atoms with Crippen molar-refractivity contribution in [3.8, 4) is 0 Å². The van der Waals surface area contributed by atoms with Crippen LogP contribution in [0, 0.1) is 5.92 Å². The molecule has 0 radical (unpaired) electrons. The van der Waals surface area contributed by atoms with Gasteiger partial charge in [-0.2, -0.15) is 11.8 Å². The standard InChI is InChI=1S/C11H24N2OS/c1-8(2)9(12)6-10(14)13-7-11(3,4)15-5/h8-9H,6-7,12H2,1-5H3,(H,13,14). The van der Waals surface area contributed by atoms with Gasteiger partial charge >= 0.3 is 0 Å². The molecule has 0 aliphatic carbocycles. The lowest BCUT2D eigenvalue weighted by Crippen LogP contribution is -2.40. The topological polar surface area (TPSA) is 55.1 Å². The second-order valence-electron chi connectivity index (χ2n) is 4.85. The van der Waals surface area contributed by atoms with E-state index in [2.05, 4.69) is 19.2 Å². The minimum atomic E-state index is -0.0395. The smallest absolute Gasteiger partial charge is 0.221 e. The molecule has 15 heavy (non-hydrogen) atoms. The summed E-state index contributed by atoms with van der Waals surface area (Å²) in [7, 11) is 0. The van der Waals surface area contributed by atoms with Crippen molar-refractivity contribution < 1.29 is 4.79 Å². The SMILES string of the molecule is CSC(C)(C)CNC(=O)CC(N)C(C)C. The molecule has 0 rings (SSSR count). The van der Waals surface area contributed by atoms with Crippen LogP contribution < -0.4 is 11.1 Å². The summed E-state index contributed by atoms with van der Waals surface area (Å²) in [5.41, 5.74) is 5.82. The van der Waals surface area contributed by atoms with Crippen LogP contribution in [0.25, 0.3) is 0 Å².